The maximum absolute atomic E-state index is 12.3. The number of hydrazine groups is 1. The van der Waals surface area contributed by atoms with E-state index < -0.39 is 0 Å². The van der Waals surface area contributed by atoms with Gasteiger partial charge in [0.05, 0.1) is 7.11 Å². The maximum atomic E-state index is 12.3. The molecule has 1 fully saturated rings. The number of hydrogen-bond acceptors (Lipinski definition) is 5. The minimum absolute atomic E-state index is 0.0215. The van der Waals surface area contributed by atoms with Gasteiger partial charge in [-0.3, -0.25) is 4.79 Å². The maximum Gasteiger partial charge on any atom is 0.238 e. The first kappa shape index (κ1) is 15.5. The average molecular weight is 312 g/mol. The summed E-state index contributed by atoms with van der Waals surface area (Å²) in [6, 6.07) is 13.7. The molecule has 3 rings (SSSR count). The molecule has 2 aromatic rings. The van der Waals surface area contributed by atoms with Crippen molar-refractivity contribution in [3.63, 3.8) is 0 Å². The van der Waals surface area contributed by atoms with Crippen molar-refractivity contribution in [3.8, 4) is 5.88 Å². The number of benzene rings is 1. The van der Waals surface area contributed by atoms with Crippen molar-refractivity contribution < 1.29 is 9.53 Å². The van der Waals surface area contributed by atoms with E-state index in [0.29, 0.717) is 12.4 Å². The van der Waals surface area contributed by atoms with Gasteiger partial charge in [0.1, 0.15) is 6.04 Å². The SMILES string of the molecule is COc1ccc(CNC(=O)C2CC(c3ccccc3)NN2)cn1. The largest absolute Gasteiger partial charge is 0.481 e. The molecular weight excluding hydrogens is 292 g/mol. The van der Waals surface area contributed by atoms with Gasteiger partial charge in [-0.25, -0.2) is 15.8 Å². The highest BCUT2D eigenvalue weighted by Crippen LogP contribution is 2.21. The Morgan fingerprint density at radius 1 is 1.26 bits per heavy atom. The van der Waals surface area contributed by atoms with E-state index in [4.69, 9.17) is 4.74 Å². The molecule has 0 radical (unpaired) electrons. The molecule has 1 amide bonds. The molecule has 23 heavy (non-hydrogen) atoms. The molecule has 2 heterocycles. The van der Waals surface area contributed by atoms with E-state index in [1.807, 2.05) is 24.3 Å². The van der Waals surface area contributed by atoms with Crippen LogP contribution < -0.4 is 20.9 Å². The number of carbonyl (C=O) groups is 1. The summed E-state index contributed by atoms with van der Waals surface area (Å²) in [6.45, 7) is 0.448. The number of pyridine rings is 1. The third kappa shape index (κ3) is 3.85. The Balaban J connectivity index is 1.51. The zero-order chi connectivity index (χ0) is 16.1. The van der Waals surface area contributed by atoms with Gasteiger partial charge in [-0.1, -0.05) is 36.4 Å². The van der Waals surface area contributed by atoms with E-state index in [0.717, 1.165) is 12.0 Å². The Morgan fingerprint density at radius 3 is 2.78 bits per heavy atom. The quantitative estimate of drug-likeness (QED) is 0.776. The number of nitrogens with zero attached hydrogens (tertiary/aromatic N) is 1. The molecule has 120 valence electrons. The Bertz CT molecular complexity index is 645. The standard InChI is InChI=1S/C17H20N4O2/c1-23-16-8-7-12(10-18-16)11-19-17(22)15-9-14(20-21-15)13-5-3-2-4-6-13/h2-8,10,14-15,20-21H,9,11H2,1H3,(H,19,22). The van der Waals surface area contributed by atoms with Crippen LogP contribution in [0.4, 0.5) is 0 Å². The molecule has 6 heteroatoms. The van der Waals surface area contributed by atoms with Gasteiger partial charge in [-0.15, -0.1) is 0 Å². The van der Waals surface area contributed by atoms with Crippen LogP contribution in [0.25, 0.3) is 0 Å². The summed E-state index contributed by atoms with van der Waals surface area (Å²) in [6.07, 6.45) is 2.42. The third-order valence-corrected chi connectivity index (χ3v) is 3.90. The van der Waals surface area contributed by atoms with Crippen molar-refractivity contribution in [2.45, 2.75) is 25.0 Å². The van der Waals surface area contributed by atoms with Crippen LogP contribution in [0.15, 0.2) is 48.7 Å². The molecule has 1 aliphatic rings. The van der Waals surface area contributed by atoms with Crippen molar-refractivity contribution in [1.29, 1.82) is 0 Å². The minimum atomic E-state index is -0.244. The second-order valence-electron chi connectivity index (χ2n) is 5.47. The third-order valence-electron chi connectivity index (χ3n) is 3.90. The zero-order valence-corrected chi connectivity index (χ0v) is 13.0. The van der Waals surface area contributed by atoms with Crippen LogP contribution in [-0.2, 0) is 11.3 Å². The molecule has 0 saturated carbocycles. The van der Waals surface area contributed by atoms with Crippen molar-refractivity contribution >= 4 is 5.91 Å². The van der Waals surface area contributed by atoms with E-state index in [9.17, 15) is 4.79 Å². The molecule has 2 unspecified atom stereocenters. The van der Waals surface area contributed by atoms with Gasteiger partial charge in [0.15, 0.2) is 0 Å². The first-order valence-corrected chi connectivity index (χ1v) is 7.59. The summed E-state index contributed by atoms with van der Waals surface area (Å²) in [7, 11) is 1.58. The summed E-state index contributed by atoms with van der Waals surface area (Å²) in [5.41, 5.74) is 8.35. The molecule has 1 aliphatic heterocycles. The minimum Gasteiger partial charge on any atom is -0.481 e. The number of hydrogen-bond donors (Lipinski definition) is 3. The van der Waals surface area contributed by atoms with Gasteiger partial charge in [0, 0.05) is 24.8 Å². The van der Waals surface area contributed by atoms with Crippen molar-refractivity contribution in [1.82, 2.24) is 21.2 Å². The van der Waals surface area contributed by atoms with Crippen LogP contribution in [-0.4, -0.2) is 24.0 Å². The van der Waals surface area contributed by atoms with Gasteiger partial charge < -0.3 is 10.1 Å². The molecule has 0 aliphatic carbocycles. The average Bonchev–Trinajstić information content (AvgIpc) is 3.11. The summed E-state index contributed by atoms with van der Waals surface area (Å²) >= 11 is 0. The fourth-order valence-corrected chi connectivity index (χ4v) is 2.58. The highest BCUT2D eigenvalue weighted by molar-refractivity contribution is 5.82. The summed E-state index contributed by atoms with van der Waals surface area (Å²) in [5, 5.41) is 2.93. The molecule has 0 bridgehead atoms. The van der Waals surface area contributed by atoms with E-state index in [1.54, 1.807) is 19.4 Å². The topological polar surface area (TPSA) is 75.3 Å². The smallest absolute Gasteiger partial charge is 0.238 e. The molecular formula is C17H20N4O2. The molecule has 1 aromatic heterocycles. The van der Waals surface area contributed by atoms with Crippen molar-refractivity contribution in [2.75, 3.05) is 7.11 Å². The monoisotopic (exact) mass is 312 g/mol. The van der Waals surface area contributed by atoms with Crippen LogP contribution in [0.2, 0.25) is 0 Å². The second-order valence-corrected chi connectivity index (χ2v) is 5.47. The molecule has 6 nitrogen and oxygen atoms in total. The molecule has 3 N–H and O–H groups in total. The van der Waals surface area contributed by atoms with E-state index >= 15 is 0 Å². The molecule has 2 atom stereocenters. The predicted molar refractivity (Wildman–Crippen MR) is 86.5 cm³/mol. The number of methoxy groups -OCH3 is 1. The zero-order valence-electron chi connectivity index (χ0n) is 13.0. The Hall–Kier alpha value is -2.44. The number of nitrogens with one attached hydrogen (secondary N) is 3. The summed E-state index contributed by atoms with van der Waals surface area (Å²) in [4.78, 5) is 16.4. The first-order chi connectivity index (χ1) is 11.3. The number of rotatable bonds is 5. The number of amides is 1. The van der Waals surface area contributed by atoms with Crippen LogP contribution in [0, 0.1) is 0 Å². The van der Waals surface area contributed by atoms with Crippen molar-refractivity contribution in [3.05, 3.63) is 59.8 Å². The highest BCUT2D eigenvalue weighted by Gasteiger charge is 2.29. The lowest BCUT2D eigenvalue weighted by Gasteiger charge is -2.11. The van der Waals surface area contributed by atoms with Gasteiger partial charge in [-0.2, -0.15) is 0 Å². The van der Waals surface area contributed by atoms with Crippen LogP contribution in [0.3, 0.4) is 0 Å². The number of carbonyl (C=O) groups excluding carboxylic acids is 1. The van der Waals surface area contributed by atoms with Gasteiger partial charge in [-0.05, 0) is 17.5 Å². The molecule has 1 saturated heterocycles. The van der Waals surface area contributed by atoms with Crippen LogP contribution >= 0.6 is 0 Å². The fourth-order valence-electron chi connectivity index (χ4n) is 2.58. The van der Waals surface area contributed by atoms with Crippen LogP contribution in [0.1, 0.15) is 23.6 Å². The van der Waals surface area contributed by atoms with Gasteiger partial charge in [0.2, 0.25) is 11.8 Å². The lowest BCUT2D eigenvalue weighted by molar-refractivity contribution is -0.123. The number of aromatic nitrogens is 1. The Morgan fingerprint density at radius 2 is 2.09 bits per heavy atom. The van der Waals surface area contributed by atoms with E-state index in [1.165, 1.54) is 5.56 Å². The van der Waals surface area contributed by atoms with Gasteiger partial charge in [0.25, 0.3) is 0 Å². The summed E-state index contributed by atoms with van der Waals surface area (Å²) in [5.74, 6) is 0.541. The fraction of sp³-hybridized carbons (Fsp3) is 0.294. The molecule has 0 spiro atoms. The van der Waals surface area contributed by atoms with Crippen LogP contribution in [0.5, 0.6) is 5.88 Å². The van der Waals surface area contributed by atoms with Gasteiger partial charge >= 0.3 is 0 Å². The van der Waals surface area contributed by atoms with E-state index in [-0.39, 0.29) is 18.0 Å². The Labute approximate surface area is 135 Å². The Kier molecular flexibility index (Phi) is 4.85. The molecule has 1 aromatic carbocycles. The first-order valence-electron chi connectivity index (χ1n) is 7.59. The highest BCUT2D eigenvalue weighted by atomic mass is 16.5. The van der Waals surface area contributed by atoms with E-state index in [2.05, 4.69) is 33.3 Å². The normalized spacial score (nSPS) is 20.2. The number of ether oxygens (including phenoxy) is 1. The lowest BCUT2D eigenvalue weighted by atomic mass is 10.0. The summed E-state index contributed by atoms with van der Waals surface area (Å²) < 4.78 is 5.01. The second kappa shape index (κ2) is 7.21. The lowest BCUT2D eigenvalue weighted by Crippen LogP contribution is -2.42. The van der Waals surface area contributed by atoms with Crippen molar-refractivity contribution in [2.24, 2.45) is 0 Å². The predicted octanol–water partition coefficient (Wildman–Crippen LogP) is 1.31.